The lowest BCUT2D eigenvalue weighted by Crippen LogP contribution is -2.31. The van der Waals surface area contributed by atoms with Gasteiger partial charge in [-0.2, -0.15) is 0 Å². The van der Waals surface area contributed by atoms with Gasteiger partial charge in [-0.15, -0.1) is 0 Å². The molecule has 0 bridgehead atoms. The molecule has 1 aromatic carbocycles. The molecule has 2 heterocycles. The minimum atomic E-state index is -3.83. The number of anilines is 1. The number of likely N-dealkylation sites (tertiary alicyclic amines) is 1. The Balaban J connectivity index is 1.65. The standard InChI is InChI=1S/C20H26N4O4S/c1-14(2)22-19(25)11-15-5-7-16(8-6-15)23-29(27,28)17-12-18(21-13-17)20(26)24-9-3-4-10-24/h5-8,12-14,21,23H,3-4,9-11H2,1-2H3,(H,22,25). The van der Waals surface area contributed by atoms with Crippen molar-refractivity contribution in [2.45, 2.75) is 44.0 Å². The number of rotatable bonds is 7. The molecule has 1 aromatic heterocycles. The lowest BCUT2D eigenvalue weighted by molar-refractivity contribution is -0.120. The van der Waals surface area contributed by atoms with Crippen molar-refractivity contribution in [3.8, 4) is 0 Å². The molecule has 9 heteroatoms. The van der Waals surface area contributed by atoms with Crippen LogP contribution in [0, 0.1) is 0 Å². The van der Waals surface area contributed by atoms with Crippen LogP contribution in [0.1, 0.15) is 42.7 Å². The van der Waals surface area contributed by atoms with E-state index in [1.54, 1.807) is 29.2 Å². The summed E-state index contributed by atoms with van der Waals surface area (Å²) in [6, 6.07) is 8.05. The maximum Gasteiger partial charge on any atom is 0.270 e. The molecule has 156 valence electrons. The lowest BCUT2D eigenvalue weighted by Gasteiger charge is -2.13. The van der Waals surface area contributed by atoms with E-state index in [2.05, 4.69) is 15.0 Å². The van der Waals surface area contributed by atoms with Gasteiger partial charge in [0.05, 0.1) is 6.42 Å². The SMILES string of the molecule is CC(C)NC(=O)Cc1ccc(NS(=O)(=O)c2c[nH]c(C(=O)N3CCCC3)c2)cc1. The molecule has 1 fully saturated rings. The molecule has 2 aromatic rings. The Morgan fingerprint density at radius 1 is 1.14 bits per heavy atom. The summed E-state index contributed by atoms with van der Waals surface area (Å²) in [6.45, 7) is 5.17. The molecule has 1 aliphatic heterocycles. The Bertz CT molecular complexity index is 974. The third-order valence-corrected chi connectivity index (χ3v) is 5.97. The van der Waals surface area contributed by atoms with Gasteiger partial charge < -0.3 is 15.2 Å². The highest BCUT2D eigenvalue weighted by molar-refractivity contribution is 7.92. The molecule has 0 spiro atoms. The van der Waals surface area contributed by atoms with E-state index in [0.717, 1.165) is 18.4 Å². The van der Waals surface area contributed by atoms with Gasteiger partial charge in [0.25, 0.3) is 15.9 Å². The van der Waals surface area contributed by atoms with Gasteiger partial charge in [-0.05, 0) is 50.5 Å². The summed E-state index contributed by atoms with van der Waals surface area (Å²) in [5.41, 5.74) is 1.43. The van der Waals surface area contributed by atoms with E-state index >= 15 is 0 Å². The second kappa shape index (κ2) is 8.69. The number of benzene rings is 1. The summed E-state index contributed by atoms with van der Waals surface area (Å²) < 4.78 is 27.7. The van der Waals surface area contributed by atoms with Gasteiger partial charge in [-0.3, -0.25) is 14.3 Å². The predicted octanol–water partition coefficient (Wildman–Crippen LogP) is 2.12. The Hall–Kier alpha value is -2.81. The van der Waals surface area contributed by atoms with Crippen LogP contribution in [0.2, 0.25) is 0 Å². The molecule has 0 radical (unpaired) electrons. The van der Waals surface area contributed by atoms with E-state index < -0.39 is 10.0 Å². The third-order valence-electron chi connectivity index (χ3n) is 4.61. The molecule has 8 nitrogen and oxygen atoms in total. The van der Waals surface area contributed by atoms with Crippen molar-refractivity contribution in [1.29, 1.82) is 0 Å². The molecule has 0 unspecified atom stereocenters. The summed E-state index contributed by atoms with van der Waals surface area (Å²) >= 11 is 0. The molecule has 0 atom stereocenters. The number of aromatic nitrogens is 1. The zero-order valence-corrected chi connectivity index (χ0v) is 17.4. The van der Waals surface area contributed by atoms with Gasteiger partial charge in [0.2, 0.25) is 5.91 Å². The first-order chi connectivity index (χ1) is 13.7. The summed E-state index contributed by atoms with van der Waals surface area (Å²) in [5, 5.41) is 2.81. The van der Waals surface area contributed by atoms with Crippen molar-refractivity contribution in [3.63, 3.8) is 0 Å². The van der Waals surface area contributed by atoms with Crippen LogP contribution in [0.25, 0.3) is 0 Å². The summed E-state index contributed by atoms with van der Waals surface area (Å²) in [4.78, 5) is 28.7. The number of nitrogens with one attached hydrogen (secondary N) is 3. The first-order valence-electron chi connectivity index (χ1n) is 9.63. The number of hydrogen-bond acceptors (Lipinski definition) is 4. The van der Waals surface area contributed by atoms with Gasteiger partial charge >= 0.3 is 0 Å². The van der Waals surface area contributed by atoms with E-state index in [-0.39, 0.29) is 34.9 Å². The summed E-state index contributed by atoms with van der Waals surface area (Å²) in [6.07, 6.45) is 3.48. The fourth-order valence-electron chi connectivity index (χ4n) is 3.21. The van der Waals surface area contributed by atoms with E-state index in [4.69, 9.17) is 0 Å². The van der Waals surface area contributed by atoms with Gasteiger partial charge in [-0.25, -0.2) is 8.42 Å². The van der Waals surface area contributed by atoms with Crippen LogP contribution in [0.15, 0.2) is 41.4 Å². The topological polar surface area (TPSA) is 111 Å². The molecule has 29 heavy (non-hydrogen) atoms. The van der Waals surface area contributed by atoms with Crippen molar-refractivity contribution >= 4 is 27.5 Å². The quantitative estimate of drug-likeness (QED) is 0.639. The van der Waals surface area contributed by atoms with Gasteiger partial charge in [0.1, 0.15) is 10.6 Å². The Labute approximate surface area is 170 Å². The highest BCUT2D eigenvalue weighted by Gasteiger charge is 2.23. The molecule has 1 saturated heterocycles. The number of hydrogen-bond donors (Lipinski definition) is 3. The minimum Gasteiger partial charge on any atom is -0.356 e. The summed E-state index contributed by atoms with van der Waals surface area (Å²) in [5.74, 6) is -0.274. The molecule has 1 aliphatic rings. The van der Waals surface area contributed by atoms with Crippen molar-refractivity contribution in [3.05, 3.63) is 47.8 Å². The van der Waals surface area contributed by atoms with Crippen molar-refractivity contribution in [2.24, 2.45) is 0 Å². The molecule has 0 aliphatic carbocycles. The lowest BCUT2D eigenvalue weighted by atomic mass is 10.1. The number of nitrogens with zero attached hydrogens (tertiary/aromatic N) is 1. The number of sulfonamides is 1. The van der Waals surface area contributed by atoms with Crippen molar-refractivity contribution in [2.75, 3.05) is 17.8 Å². The summed E-state index contributed by atoms with van der Waals surface area (Å²) in [7, 11) is -3.83. The number of aromatic amines is 1. The molecule has 0 saturated carbocycles. The Morgan fingerprint density at radius 3 is 2.41 bits per heavy atom. The molecular weight excluding hydrogens is 392 g/mol. The van der Waals surface area contributed by atoms with Crippen LogP contribution in [-0.4, -0.2) is 49.2 Å². The van der Waals surface area contributed by atoms with Gasteiger partial charge in [0.15, 0.2) is 0 Å². The Kier molecular flexibility index (Phi) is 6.26. The smallest absolute Gasteiger partial charge is 0.270 e. The first-order valence-corrected chi connectivity index (χ1v) is 11.1. The zero-order valence-electron chi connectivity index (χ0n) is 16.6. The monoisotopic (exact) mass is 418 g/mol. The van der Waals surface area contributed by atoms with Crippen LogP contribution in [0.3, 0.4) is 0 Å². The molecular formula is C20H26N4O4S. The molecule has 2 amide bonds. The third kappa shape index (κ3) is 5.38. The minimum absolute atomic E-state index is 0.000402. The van der Waals surface area contributed by atoms with Crippen molar-refractivity contribution in [1.82, 2.24) is 15.2 Å². The highest BCUT2D eigenvalue weighted by Crippen LogP contribution is 2.19. The number of H-pyrrole nitrogens is 1. The van der Waals surface area contributed by atoms with E-state index in [9.17, 15) is 18.0 Å². The normalized spacial score (nSPS) is 14.2. The largest absolute Gasteiger partial charge is 0.356 e. The second-order valence-electron chi connectivity index (χ2n) is 7.45. The van der Waals surface area contributed by atoms with Crippen LogP contribution >= 0.6 is 0 Å². The average molecular weight is 419 g/mol. The van der Waals surface area contributed by atoms with E-state index in [0.29, 0.717) is 18.8 Å². The van der Waals surface area contributed by atoms with Gasteiger partial charge in [-0.1, -0.05) is 12.1 Å². The van der Waals surface area contributed by atoms with Crippen molar-refractivity contribution < 1.29 is 18.0 Å². The fourth-order valence-corrected chi connectivity index (χ4v) is 4.26. The average Bonchev–Trinajstić information content (AvgIpc) is 3.34. The van der Waals surface area contributed by atoms with Crippen LogP contribution in [0.4, 0.5) is 5.69 Å². The Morgan fingerprint density at radius 2 is 1.79 bits per heavy atom. The first kappa shape index (κ1) is 20.9. The molecule has 3 rings (SSSR count). The highest BCUT2D eigenvalue weighted by atomic mass is 32.2. The molecule has 3 N–H and O–H groups in total. The van der Waals surface area contributed by atoms with E-state index in [1.165, 1.54) is 12.3 Å². The van der Waals surface area contributed by atoms with Crippen LogP contribution < -0.4 is 10.0 Å². The number of carbonyl (C=O) groups excluding carboxylic acids is 2. The van der Waals surface area contributed by atoms with Crippen LogP contribution in [0.5, 0.6) is 0 Å². The number of carbonyl (C=O) groups is 2. The fraction of sp³-hybridized carbons (Fsp3) is 0.400. The number of amides is 2. The maximum absolute atomic E-state index is 12.6. The van der Waals surface area contributed by atoms with Crippen LogP contribution in [-0.2, 0) is 21.2 Å². The second-order valence-corrected chi connectivity index (χ2v) is 9.13. The maximum atomic E-state index is 12.6. The zero-order chi connectivity index (χ0) is 21.0. The predicted molar refractivity (Wildman–Crippen MR) is 110 cm³/mol. The van der Waals surface area contributed by atoms with Gasteiger partial charge in [0, 0.05) is 31.0 Å². The van der Waals surface area contributed by atoms with E-state index in [1.807, 2.05) is 13.8 Å².